The van der Waals surface area contributed by atoms with Gasteiger partial charge in [-0.05, 0) is 25.4 Å². The minimum atomic E-state index is 0.587. The highest BCUT2D eigenvalue weighted by atomic mass is 35.5. The first-order valence-electron chi connectivity index (χ1n) is 5.35. The molecule has 0 radical (unpaired) electrons. The summed E-state index contributed by atoms with van der Waals surface area (Å²) in [4.78, 5) is 6.66. The highest BCUT2D eigenvalue weighted by molar-refractivity contribution is 7.14. The number of aromatic nitrogens is 1. The third-order valence-electron chi connectivity index (χ3n) is 2.84. The Morgan fingerprint density at radius 1 is 1.73 bits per heavy atom. The molecule has 2 rings (SSSR count). The van der Waals surface area contributed by atoms with Crippen LogP contribution in [-0.2, 0) is 0 Å². The van der Waals surface area contributed by atoms with E-state index >= 15 is 0 Å². The fraction of sp³-hybridized carbons (Fsp3) is 0.700. The Morgan fingerprint density at radius 2 is 2.60 bits per heavy atom. The molecule has 0 aliphatic carbocycles. The molecule has 2 heterocycles. The molecule has 1 aliphatic rings. The lowest BCUT2D eigenvalue weighted by atomic mass is 10.1. The van der Waals surface area contributed by atoms with Gasteiger partial charge in [-0.1, -0.05) is 18.5 Å². The second-order valence-electron chi connectivity index (χ2n) is 3.90. The topological polar surface area (TPSA) is 28.2 Å². The number of rotatable bonds is 4. The van der Waals surface area contributed by atoms with Crippen LogP contribution in [-0.4, -0.2) is 36.1 Å². The van der Waals surface area contributed by atoms with Gasteiger partial charge in [0.05, 0.1) is 0 Å². The Morgan fingerprint density at radius 3 is 3.20 bits per heavy atom. The number of nitrogens with zero attached hydrogens (tertiary/aromatic N) is 2. The average molecular weight is 246 g/mol. The highest BCUT2D eigenvalue weighted by Gasteiger charge is 2.20. The Hall–Kier alpha value is -0.320. The molecule has 84 valence electrons. The lowest BCUT2D eigenvalue weighted by Crippen LogP contribution is -2.22. The third kappa shape index (κ3) is 3.06. The largest absolute Gasteiger partial charge is 0.361 e. The second-order valence-corrected chi connectivity index (χ2v) is 5.15. The van der Waals surface area contributed by atoms with E-state index in [1.807, 2.05) is 5.38 Å². The molecule has 1 aromatic heterocycles. The average Bonchev–Trinajstić information content (AvgIpc) is 2.83. The second kappa shape index (κ2) is 5.14. The zero-order chi connectivity index (χ0) is 10.7. The molecule has 1 fully saturated rings. The highest BCUT2D eigenvalue weighted by Crippen LogP contribution is 2.21. The van der Waals surface area contributed by atoms with E-state index in [-0.39, 0.29) is 0 Å². The molecule has 0 bridgehead atoms. The van der Waals surface area contributed by atoms with E-state index in [0.717, 1.165) is 17.6 Å². The van der Waals surface area contributed by atoms with Crippen LogP contribution in [0.2, 0.25) is 5.15 Å². The van der Waals surface area contributed by atoms with Gasteiger partial charge >= 0.3 is 0 Å². The fourth-order valence-corrected chi connectivity index (χ4v) is 2.78. The van der Waals surface area contributed by atoms with Crippen LogP contribution in [0.4, 0.5) is 5.13 Å². The van der Waals surface area contributed by atoms with E-state index in [9.17, 15) is 0 Å². The van der Waals surface area contributed by atoms with Gasteiger partial charge in [-0.15, -0.1) is 11.3 Å². The predicted octanol–water partition coefficient (Wildman–Crippen LogP) is 2.55. The molecular formula is C10H16ClN3S. The summed E-state index contributed by atoms with van der Waals surface area (Å²) in [6.07, 6.45) is 1.29. The van der Waals surface area contributed by atoms with Gasteiger partial charge < -0.3 is 10.2 Å². The maximum absolute atomic E-state index is 5.75. The van der Waals surface area contributed by atoms with Crippen molar-refractivity contribution >= 4 is 28.1 Å². The molecule has 1 aromatic rings. The molecule has 3 nitrogen and oxygen atoms in total. The lowest BCUT2D eigenvalue weighted by molar-refractivity contribution is 0.345. The first-order valence-corrected chi connectivity index (χ1v) is 6.61. The van der Waals surface area contributed by atoms with Crippen LogP contribution < -0.4 is 5.32 Å². The molecule has 15 heavy (non-hydrogen) atoms. The van der Waals surface area contributed by atoms with E-state index in [1.54, 1.807) is 11.3 Å². The predicted molar refractivity (Wildman–Crippen MR) is 65.8 cm³/mol. The summed E-state index contributed by atoms with van der Waals surface area (Å²) >= 11 is 7.32. The van der Waals surface area contributed by atoms with E-state index in [2.05, 4.69) is 22.1 Å². The van der Waals surface area contributed by atoms with E-state index < -0.39 is 0 Å². The minimum Gasteiger partial charge on any atom is -0.361 e. The Labute approximate surface area is 99.5 Å². The molecule has 0 saturated carbocycles. The van der Waals surface area contributed by atoms with Crippen molar-refractivity contribution in [2.24, 2.45) is 5.92 Å². The normalized spacial score (nSPS) is 22.1. The zero-order valence-electron chi connectivity index (χ0n) is 8.87. The van der Waals surface area contributed by atoms with Gasteiger partial charge in [0.25, 0.3) is 0 Å². The van der Waals surface area contributed by atoms with Crippen molar-refractivity contribution in [3.63, 3.8) is 0 Å². The van der Waals surface area contributed by atoms with Gasteiger partial charge in [0.1, 0.15) is 5.15 Å². The first-order chi connectivity index (χ1) is 7.28. The maximum atomic E-state index is 5.75. The molecule has 0 amide bonds. The van der Waals surface area contributed by atoms with Gasteiger partial charge in [0, 0.05) is 18.5 Å². The number of halogens is 1. The number of hydrogen-bond acceptors (Lipinski definition) is 4. The number of thiazole rings is 1. The zero-order valence-corrected chi connectivity index (χ0v) is 10.4. The Kier molecular flexibility index (Phi) is 3.83. The van der Waals surface area contributed by atoms with Crippen LogP contribution in [0.1, 0.15) is 13.3 Å². The number of likely N-dealkylation sites (tertiary alicyclic amines) is 1. The minimum absolute atomic E-state index is 0.587. The third-order valence-corrected chi connectivity index (χ3v) is 3.96. The summed E-state index contributed by atoms with van der Waals surface area (Å²) in [5, 5.41) is 6.73. The number of hydrogen-bond donors (Lipinski definition) is 1. The standard InChI is InChI=1S/C10H16ClN3S/c1-2-14-4-3-8(6-14)5-12-10-13-9(11)7-15-10/h7-8H,2-6H2,1H3,(H,12,13). The van der Waals surface area contributed by atoms with Crippen molar-refractivity contribution in [1.29, 1.82) is 0 Å². The molecule has 1 saturated heterocycles. The molecule has 1 unspecified atom stereocenters. The summed E-state index contributed by atoms with van der Waals surface area (Å²) in [7, 11) is 0. The van der Waals surface area contributed by atoms with Crippen LogP contribution >= 0.6 is 22.9 Å². The Bertz CT molecular complexity index is 315. The van der Waals surface area contributed by atoms with Crippen LogP contribution in [0, 0.1) is 5.92 Å². The smallest absolute Gasteiger partial charge is 0.184 e. The van der Waals surface area contributed by atoms with Gasteiger partial charge in [-0.3, -0.25) is 0 Å². The molecule has 5 heteroatoms. The van der Waals surface area contributed by atoms with Crippen LogP contribution in [0.5, 0.6) is 0 Å². The first kappa shape index (κ1) is 11.2. The summed E-state index contributed by atoms with van der Waals surface area (Å²) < 4.78 is 0. The van der Waals surface area contributed by atoms with Crippen molar-refractivity contribution in [1.82, 2.24) is 9.88 Å². The molecule has 0 aromatic carbocycles. The number of anilines is 1. The quantitative estimate of drug-likeness (QED) is 0.884. The van der Waals surface area contributed by atoms with Crippen molar-refractivity contribution in [3.8, 4) is 0 Å². The van der Waals surface area contributed by atoms with Crippen LogP contribution in [0.25, 0.3) is 0 Å². The molecule has 1 aliphatic heterocycles. The van der Waals surface area contributed by atoms with Gasteiger partial charge in [-0.2, -0.15) is 0 Å². The summed E-state index contributed by atoms with van der Waals surface area (Å²) in [5.74, 6) is 0.757. The summed E-state index contributed by atoms with van der Waals surface area (Å²) in [6, 6.07) is 0. The van der Waals surface area contributed by atoms with E-state index in [0.29, 0.717) is 5.15 Å². The van der Waals surface area contributed by atoms with Crippen molar-refractivity contribution in [2.75, 3.05) is 31.5 Å². The van der Waals surface area contributed by atoms with E-state index in [4.69, 9.17) is 11.6 Å². The molecular weight excluding hydrogens is 230 g/mol. The van der Waals surface area contributed by atoms with Gasteiger partial charge in [-0.25, -0.2) is 4.98 Å². The molecule has 0 spiro atoms. The van der Waals surface area contributed by atoms with E-state index in [1.165, 1.54) is 26.1 Å². The fourth-order valence-electron chi connectivity index (χ4n) is 1.93. The van der Waals surface area contributed by atoms with Crippen LogP contribution in [0.15, 0.2) is 5.38 Å². The molecule has 1 atom stereocenters. The summed E-state index contributed by atoms with van der Waals surface area (Å²) in [6.45, 7) is 6.85. The van der Waals surface area contributed by atoms with Crippen molar-refractivity contribution in [2.45, 2.75) is 13.3 Å². The molecule has 1 N–H and O–H groups in total. The van der Waals surface area contributed by atoms with Crippen molar-refractivity contribution in [3.05, 3.63) is 10.5 Å². The van der Waals surface area contributed by atoms with Gasteiger partial charge in [0.15, 0.2) is 5.13 Å². The summed E-state index contributed by atoms with van der Waals surface area (Å²) in [5.41, 5.74) is 0. The Balaban J connectivity index is 1.75. The monoisotopic (exact) mass is 245 g/mol. The van der Waals surface area contributed by atoms with Crippen molar-refractivity contribution < 1.29 is 0 Å². The van der Waals surface area contributed by atoms with Gasteiger partial charge in [0.2, 0.25) is 0 Å². The van der Waals surface area contributed by atoms with Crippen LogP contribution in [0.3, 0.4) is 0 Å². The maximum Gasteiger partial charge on any atom is 0.184 e. The lowest BCUT2D eigenvalue weighted by Gasteiger charge is -2.13. The number of nitrogens with one attached hydrogen (secondary N) is 1. The SMILES string of the molecule is CCN1CCC(CNc2nc(Cl)cs2)C1.